The summed E-state index contributed by atoms with van der Waals surface area (Å²) in [6, 6.07) is 8.71. The van der Waals surface area contributed by atoms with Crippen LogP contribution in [0.15, 0.2) is 47.4 Å². The Morgan fingerprint density at radius 2 is 1.76 bits per heavy atom. The van der Waals surface area contributed by atoms with Crippen LogP contribution >= 0.6 is 0 Å². The Balaban J connectivity index is 1.81. The topological polar surface area (TPSA) is 169 Å². The van der Waals surface area contributed by atoms with Crippen LogP contribution in [0.5, 0.6) is 5.75 Å². The van der Waals surface area contributed by atoms with Gasteiger partial charge in [-0.25, -0.2) is 17.9 Å². The van der Waals surface area contributed by atoms with E-state index in [1.807, 2.05) is 0 Å². The summed E-state index contributed by atoms with van der Waals surface area (Å²) in [6.45, 7) is 0.0611. The van der Waals surface area contributed by atoms with E-state index >= 15 is 0 Å². The van der Waals surface area contributed by atoms with E-state index in [4.69, 9.17) is 21.0 Å². The van der Waals surface area contributed by atoms with E-state index in [-0.39, 0.29) is 29.5 Å². The highest BCUT2D eigenvalue weighted by atomic mass is 32.2. The molecule has 6 N–H and O–H groups in total. The Morgan fingerprint density at radius 3 is 2.34 bits per heavy atom. The van der Waals surface area contributed by atoms with Crippen LogP contribution in [-0.2, 0) is 32.6 Å². The van der Waals surface area contributed by atoms with Gasteiger partial charge in [-0.1, -0.05) is 50.3 Å². The summed E-state index contributed by atoms with van der Waals surface area (Å²) in [5.74, 6) is -1.90. The monoisotopic (exact) mass is 547 g/mol. The third-order valence-electron chi connectivity index (χ3n) is 6.71. The molecule has 12 heteroatoms. The molecule has 0 saturated heterocycles. The predicted octanol–water partition coefficient (Wildman–Crippen LogP) is 2.40. The maximum Gasteiger partial charge on any atom is 0.243 e. The van der Waals surface area contributed by atoms with Crippen molar-refractivity contribution in [2.24, 2.45) is 16.8 Å². The molecule has 0 unspecified atom stereocenters. The molecule has 1 aliphatic rings. The summed E-state index contributed by atoms with van der Waals surface area (Å²) in [5, 5.41) is 16.1. The first-order chi connectivity index (χ1) is 18.0. The molecule has 1 saturated carbocycles. The van der Waals surface area contributed by atoms with Gasteiger partial charge in [-0.2, -0.15) is 0 Å². The first-order valence-electron chi connectivity index (χ1n) is 12.4. The minimum atomic E-state index is -3.89. The van der Waals surface area contributed by atoms with Crippen molar-refractivity contribution in [2.45, 2.75) is 62.4 Å². The van der Waals surface area contributed by atoms with E-state index in [1.54, 1.807) is 0 Å². The van der Waals surface area contributed by atoms with Gasteiger partial charge in [0.25, 0.3) is 0 Å². The molecule has 0 spiro atoms. The van der Waals surface area contributed by atoms with E-state index in [2.05, 4.69) is 5.32 Å². The summed E-state index contributed by atoms with van der Waals surface area (Å²) in [4.78, 5) is 27.7. The van der Waals surface area contributed by atoms with Crippen molar-refractivity contribution in [1.82, 2.24) is 10.2 Å². The highest BCUT2D eigenvalue weighted by molar-refractivity contribution is 7.89. The molecule has 2 aromatic carbocycles. The zero-order valence-electron chi connectivity index (χ0n) is 21.3. The van der Waals surface area contributed by atoms with E-state index in [0.29, 0.717) is 17.5 Å². The maximum absolute atomic E-state index is 13.8. The number of hydrogen-bond donors (Lipinski definition) is 4. The lowest BCUT2D eigenvalue weighted by molar-refractivity contribution is -0.136. The molecular weight excluding hydrogens is 513 g/mol. The largest absolute Gasteiger partial charge is 0.494 e. The van der Waals surface area contributed by atoms with Gasteiger partial charge in [0.15, 0.2) is 17.5 Å². The number of carbonyl (C=O) groups is 2. The summed E-state index contributed by atoms with van der Waals surface area (Å²) < 4.78 is 41.8. The van der Waals surface area contributed by atoms with Gasteiger partial charge in [0.2, 0.25) is 21.8 Å². The lowest BCUT2D eigenvalue weighted by atomic mass is 9.84. The molecular formula is C26H34FN5O5S. The van der Waals surface area contributed by atoms with Gasteiger partial charge < -0.3 is 15.8 Å². The molecule has 38 heavy (non-hydrogen) atoms. The third-order valence-corrected chi connectivity index (χ3v) is 7.64. The first kappa shape index (κ1) is 29.1. The maximum atomic E-state index is 13.8. The summed E-state index contributed by atoms with van der Waals surface area (Å²) >= 11 is 0. The second-order valence-corrected chi connectivity index (χ2v) is 11.0. The van der Waals surface area contributed by atoms with Crippen LogP contribution in [-0.4, -0.2) is 44.2 Å². The summed E-state index contributed by atoms with van der Waals surface area (Å²) in [7, 11) is -2.54. The molecule has 206 valence electrons. The highest BCUT2D eigenvalue weighted by Gasteiger charge is 2.34. The van der Waals surface area contributed by atoms with E-state index in [9.17, 15) is 22.4 Å². The highest BCUT2D eigenvalue weighted by Crippen LogP contribution is 2.29. The number of nitrogens with zero attached hydrogens (tertiary/aromatic N) is 1. The smallest absolute Gasteiger partial charge is 0.243 e. The number of ether oxygens (including phenoxy) is 1. The quantitative estimate of drug-likeness (QED) is 0.263. The van der Waals surface area contributed by atoms with Crippen LogP contribution in [0.2, 0.25) is 0 Å². The van der Waals surface area contributed by atoms with Gasteiger partial charge in [0.1, 0.15) is 6.04 Å². The number of carbonyl (C=O) groups excluding carboxylic acids is 2. The van der Waals surface area contributed by atoms with Gasteiger partial charge in [-0.3, -0.25) is 19.9 Å². The molecule has 0 aliphatic heterocycles. The van der Waals surface area contributed by atoms with E-state index in [1.165, 1.54) is 49.6 Å². The second kappa shape index (κ2) is 12.8. The Hall–Kier alpha value is -3.51. The molecule has 1 aliphatic carbocycles. The molecule has 10 nitrogen and oxygen atoms in total. The average Bonchev–Trinajstić information content (AvgIpc) is 2.87. The van der Waals surface area contributed by atoms with Crippen molar-refractivity contribution in [3.05, 3.63) is 59.4 Å². The van der Waals surface area contributed by atoms with Crippen LogP contribution in [0.25, 0.3) is 0 Å². The van der Waals surface area contributed by atoms with Crippen molar-refractivity contribution >= 4 is 27.8 Å². The van der Waals surface area contributed by atoms with Crippen LogP contribution in [0, 0.1) is 17.1 Å². The van der Waals surface area contributed by atoms with Crippen molar-refractivity contribution in [3.8, 4) is 5.75 Å². The Morgan fingerprint density at radius 1 is 1.13 bits per heavy atom. The van der Waals surface area contributed by atoms with Crippen LogP contribution in [0.1, 0.15) is 49.7 Å². The van der Waals surface area contributed by atoms with Crippen molar-refractivity contribution < 1.29 is 27.1 Å². The number of primary sulfonamides is 1. The van der Waals surface area contributed by atoms with Gasteiger partial charge in [0, 0.05) is 6.54 Å². The van der Waals surface area contributed by atoms with Gasteiger partial charge >= 0.3 is 0 Å². The molecule has 3 rings (SSSR count). The SMILES string of the molecule is COc1cc(CNC(=O)[C@@H](CC2CCCCC2)N(C(=N)N)C(=O)Cc2ccc(S(N)(=O)=O)cc2)ccc1F. The molecule has 0 heterocycles. The Labute approximate surface area is 222 Å². The number of nitrogens with two attached hydrogens (primary N) is 2. The third kappa shape index (κ3) is 7.75. The fourth-order valence-corrected chi connectivity index (χ4v) is 5.24. The van der Waals surface area contributed by atoms with Crippen molar-refractivity contribution in [1.29, 1.82) is 5.41 Å². The van der Waals surface area contributed by atoms with Crippen molar-refractivity contribution in [3.63, 3.8) is 0 Å². The fraction of sp³-hybridized carbons (Fsp3) is 0.423. The second-order valence-electron chi connectivity index (χ2n) is 9.46. The number of methoxy groups -OCH3 is 1. The minimum Gasteiger partial charge on any atom is -0.494 e. The zero-order chi connectivity index (χ0) is 27.9. The van der Waals surface area contributed by atoms with E-state index in [0.717, 1.165) is 37.0 Å². The number of benzene rings is 2. The van der Waals surface area contributed by atoms with Gasteiger partial charge in [0.05, 0.1) is 18.4 Å². The molecule has 1 fully saturated rings. The summed E-state index contributed by atoms with van der Waals surface area (Å²) in [6.07, 6.45) is 5.13. The predicted molar refractivity (Wildman–Crippen MR) is 140 cm³/mol. The molecule has 2 aromatic rings. The van der Waals surface area contributed by atoms with Crippen molar-refractivity contribution in [2.75, 3.05) is 7.11 Å². The van der Waals surface area contributed by atoms with Crippen LogP contribution in [0.3, 0.4) is 0 Å². The average molecular weight is 548 g/mol. The lowest BCUT2D eigenvalue weighted by Crippen LogP contribution is -2.55. The number of guanidine groups is 1. The number of nitrogens with one attached hydrogen (secondary N) is 2. The molecule has 0 bridgehead atoms. The fourth-order valence-electron chi connectivity index (χ4n) is 4.72. The number of rotatable bonds is 10. The van der Waals surface area contributed by atoms with E-state index < -0.39 is 39.7 Å². The van der Waals surface area contributed by atoms with Crippen LogP contribution < -0.4 is 20.9 Å². The molecule has 2 amide bonds. The number of halogens is 1. The summed E-state index contributed by atoms with van der Waals surface area (Å²) in [5.41, 5.74) is 6.91. The standard InChI is InChI=1S/C26H34FN5O5S/c1-37-23-14-19(9-12-21(23)27)16-31-25(34)22(13-17-5-3-2-4-6-17)32(26(28)29)24(33)15-18-7-10-20(11-8-18)38(30,35)36/h7-12,14,17,22H,2-6,13,15-16H2,1H3,(H3,28,29)(H,31,34)(H2,30,35,36)/t22-/m1/s1. The molecule has 0 aromatic heterocycles. The normalized spacial score (nSPS) is 14.9. The zero-order valence-corrected chi connectivity index (χ0v) is 22.1. The number of amides is 2. The van der Waals surface area contributed by atoms with Crippen LogP contribution in [0.4, 0.5) is 4.39 Å². The molecule has 0 radical (unpaired) electrons. The number of hydrogen-bond acceptors (Lipinski definition) is 6. The first-order valence-corrected chi connectivity index (χ1v) is 13.9. The lowest BCUT2D eigenvalue weighted by Gasteiger charge is -2.33. The number of sulfonamides is 1. The Kier molecular flexibility index (Phi) is 9.81. The van der Waals surface area contributed by atoms with Gasteiger partial charge in [-0.15, -0.1) is 0 Å². The van der Waals surface area contributed by atoms with Gasteiger partial charge in [-0.05, 0) is 47.7 Å². The minimum absolute atomic E-state index is 0.0458. The molecule has 1 atom stereocenters. The Bertz CT molecular complexity index is 1260.